The van der Waals surface area contributed by atoms with Gasteiger partial charge >= 0.3 is 24.0 Å². The van der Waals surface area contributed by atoms with E-state index in [2.05, 4.69) is 10.6 Å². The standard InChI is InChI=1S/C34H34N4O10S2/c1-23-9-5-15-29(19-23)49(43,44)37-33(41)35-27-13-7-11-25(21-27)31(39)47-17-3-4-18-48-32(40)26-12-8-14-28(22-26)36-34(42)38-50(45,46)30-16-6-10-24(2)20-30/h5-16,19-22H,3-4,17-18H2,1-2H3,(H2,35,37,41)(H2,36,38,42). The molecule has 4 N–H and O–H groups in total. The molecule has 4 aromatic rings. The van der Waals surface area contributed by atoms with Crippen molar-refractivity contribution >= 4 is 55.4 Å². The molecule has 0 saturated carbocycles. The highest BCUT2D eigenvalue weighted by atomic mass is 32.2. The SMILES string of the molecule is Cc1cccc(S(=O)(=O)NC(=O)Nc2cccc(C(=O)OCCCCOC(=O)c3cccc(NC(=O)NS(=O)(=O)c4cccc(C)c4)c3)c2)c1. The molecular formula is C34H34N4O10S2. The summed E-state index contributed by atoms with van der Waals surface area (Å²) in [6, 6.07) is 21.6. The van der Waals surface area contributed by atoms with E-state index in [4.69, 9.17) is 9.47 Å². The van der Waals surface area contributed by atoms with Crippen molar-refractivity contribution in [1.29, 1.82) is 0 Å². The van der Waals surface area contributed by atoms with Gasteiger partial charge < -0.3 is 20.1 Å². The summed E-state index contributed by atoms with van der Waals surface area (Å²) in [5.41, 5.74) is 1.97. The summed E-state index contributed by atoms with van der Waals surface area (Å²) in [5.74, 6) is -1.36. The maximum Gasteiger partial charge on any atom is 0.338 e. The average molecular weight is 723 g/mol. The van der Waals surface area contributed by atoms with E-state index in [0.29, 0.717) is 24.0 Å². The van der Waals surface area contributed by atoms with Crippen LogP contribution in [0.2, 0.25) is 0 Å². The zero-order valence-electron chi connectivity index (χ0n) is 27.0. The van der Waals surface area contributed by atoms with Crippen LogP contribution in [0.15, 0.2) is 107 Å². The van der Waals surface area contributed by atoms with Crippen molar-refractivity contribution in [2.45, 2.75) is 36.5 Å². The second-order valence-electron chi connectivity index (χ2n) is 10.9. The maximum absolute atomic E-state index is 12.5. The summed E-state index contributed by atoms with van der Waals surface area (Å²) in [6.45, 7) is 3.45. The minimum Gasteiger partial charge on any atom is -0.462 e. The molecule has 0 aliphatic carbocycles. The van der Waals surface area contributed by atoms with Crippen molar-refractivity contribution in [2.75, 3.05) is 23.8 Å². The summed E-state index contributed by atoms with van der Waals surface area (Å²) < 4.78 is 64.3. The van der Waals surface area contributed by atoms with Gasteiger partial charge in [0.05, 0.1) is 34.1 Å². The Hall–Kier alpha value is -5.74. The highest BCUT2D eigenvalue weighted by molar-refractivity contribution is 7.90. The number of urea groups is 2. The van der Waals surface area contributed by atoms with E-state index in [-0.39, 0.29) is 45.5 Å². The number of unbranched alkanes of at least 4 members (excludes halogenated alkanes) is 1. The van der Waals surface area contributed by atoms with Gasteiger partial charge in [-0.05, 0) is 98.5 Å². The van der Waals surface area contributed by atoms with Crippen LogP contribution in [0.1, 0.15) is 44.7 Å². The van der Waals surface area contributed by atoms with Crippen LogP contribution in [-0.2, 0) is 29.5 Å². The monoisotopic (exact) mass is 722 g/mol. The third kappa shape index (κ3) is 10.9. The lowest BCUT2D eigenvalue weighted by molar-refractivity contribution is 0.0432. The lowest BCUT2D eigenvalue weighted by atomic mass is 10.2. The third-order valence-corrected chi connectivity index (χ3v) is 9.43. The van der Waals surface area contributed by atoms with Gasteiger partial charge in [-0.2, -0.15) is 0 Å². The first-order chi connectivity index (χ1) is 23.7. The molecular weight excluding hydrogens is 689 g/mol. The predicted molar refractivity (Wildman–Crippen MR) is 184 cm³/mol. The lowest BCUT2D eigenvalue weighted by Crippen LogP contribution is -2.34. The van der Waals surface area contributed by atoms with Crippen molar-refractivity contribution in [3.05, 3.63) is 119 Å². The van der Waals surface area contributed by atoms with E-state index >= 15 is 0 Å². The Balaban J connectivity index is 1.17. The van der Waals surface area contributed by atoms with Gasteiger partial charge in [0.1, 0.15) is 0 Å². The highest BCUT2D eigenvalue weighted by Crippen LogP contribution is 2.16. The van der Waals surface area contributed by atoms with Crippen molar-refractivity contribution in [3.63, 3.8) is 0 Å². The molecule has 0 unspecified atom stereocenters. The number of anilines is 2. The van der Waals surface area contributed by atoms with E-state index in [1.807, 2.05) is 9.44 Å². The van der Waals surface area contributed by atoms with E-state index in [0.717, 1.165) is 0 Å². The Morgan fingerprint density at radius 1 is 0.540 bits per heavy atom. The first-order valence-electron chi connectivity index (χ1n) is 15.1. The van der Waals surface area contributed by atoms with Gasteiger partial charge in [0.2, 0.25) is 0 Å². The number of benzene rings is 4. The molecule has 14 nitrogen and oxygen atoms in total. The summed E-state index contributed by atoms with van der Waals surface area (Å²) in [6.07, 6.45) is 0.709. The molecule has 0 heterocycles. The summed E-state index contributed by atoms with van der Waals surface area (Å²) in [4.78, 5) is 49.6. The zero-order valence-corrected chi connectivity index (χ0v) is 28.6. The summed E-state index contributed by atoms with van der Waals surface area (Å²) in [7, 11) is -8.22. The fourth-order valence-electron chi connectivity index (χ4n) is 4.39. The maximum atomic E-state index is 12.5. The molecule has 0 aliphatic rings. The molecule has 16 heteroatoms. The van der Waals surface area contributed by atoms with Gasteiger partial charge in [0.15, 0.2) is 0 Å². The molecule has 0 aliphatic heterocycles. The average Bonchev–Trinajstić information content (AvgIpc) is 3.05. The molecule has 4 amide bonds. The Kier molecular flexibility index (Phi) is 12.3. The Morgan fingerprint density at radius 3 is 1.30 bits per heavy atom. The number of hydrogen-bond acceptors (Lipinski definition) is 10. The number of sulfonamides is 2. The van der Waals surface area contributed by atoms with Crippen LogP contribution in [0.4, 0.5) is 21.0 Å². The van der Waals surface area contributed by atoms with E-state index < -0.39 is 44.0 Å². The highest BCUT2D eigenvalue weighted by Gasteiger charge is 2.20. The number of carbonyl (C=O) groups is 4. The number of nitrogens with one attached hydrogen (secondary N) is 4. The second kappa shape index (κ2) is 16.6. The quantitative estimate of drug-likeness (QED) is 0.106. The van der Waals surface area contributed by atoms with Crippen molar-refractivity contribution < 1.29 is 45.5 Å². The van der Waals surface area contributed by atoms with Crippen molar-refractivity contribution in [2.24, 2.45) is 0 Å². The van der Waals surface area contributed by atoms with Crippen LogP contribution >= 0.6 is 0 Å². The molecule has 262 valence electrons. The first kappa shape index (κ1) is 37.1. The number of esters is 2. The molecule has 0 spiro atoms. The minimum absolute atomic E-state index is 0.00321. The minimum atomic E-state index is -4.11. The van der Waals surface area contributed by atoms with Crippen LogP contribution in [0, 0.1) is 13.8 Å². The molecule has 0 aromatic heterocycles. The second-order valence-corrected chi connectivity index (χ2v) is 14.3. The van der Waals surface area contributed by atoms with E-state index in [1.165, 1.54) is 72.8 Å². The fraction of sp³-hybridized carbons (Fsp3) is 0.176. The van der Waals surface area contributed by atoms with Gasteiger partial charge in [-0.25, -0.2) is 45.5 Å². The first-order valence-corrected chi connectivity index (χ1v) is 18.0. The van der Waals surface area contributed by atoms with Crippen molar-refractivity contribution in [3.8, 4) is 0 Å². The van der Waals surface area contributed by atoms with E-state index in [1.54, 1.807) is 38.1 Å². The fourth-order valence-corrected chi connectivity index (χ4v) is 6.41. The van der Waals surface area contributed by atoms with Gasteiger partial charge in [-0.15, -0.1) is 0 Å². The Labute approximate surface area is 289 Å². The Morgan fingerprint density at radius 2 is 0.920 bits per heavy atom. The Bertz CT molecular complexity index is 1970. The third-order valence-electron chi connectivity index (χ3n) is 6.77. The van der Waals surface area contributed by atoms with Crippen LogP contribution in [0.3, 0.4) is 0 Å². The molecule has 0 radical (unpaired) electrons. The van der Waals surface area contributed by atoms with Gasteiger partial charge in [0.25, 0.3) is 20.0 Å². The number of aryl methyl sites for hydroxylation is 2. The molecule has 0 saturated heterocycles. The van der Waals surface area contributed by atoms with Gasteiger partial charge in [0, 0.05) is 11.4 Å². The largest absolute Gasteiger partial charge is 0.462 e. The number of hydrogen-bond donors (Lipinski definition) is 4. The topological polar surface area (TPSA) is 203 Å². The molecule has 0 fully saturated rings. The van der Waals surface area contributed by atoms with E-state index in [9.17, 15) is 36.0 Å². The number of ether oxygens (including phenoxy) is 2. The number of amides is 4. The number of carbonyl (C=O) groups excluding carboxylic acids is 4. The van der Waals surface area contributed by atoms with Gasteiger partial charge in [-0.3, -0.25) is 0 Å². The van der Waals surface area contributed by atoms with Crippen LogP contribution in [0.25, 0.3) is 0 Å². The van der Waals surface area contributed by atoms with Crippen molar-refractivity contribution in [1.82, 2.24) is 9.44 Å². The van der Waals surface area contributed by atoms with Crippen LogP contribution in [0.5, 0.6) is 0 Å². The summed E-state index contributed by atoms with van der Waals surface area (Å²) in [5, 5.41) is 4.76. The predicted octanol–water partition coefficient (Wildman–Crippen LogP) is 5.12. The zero-order chi connectivity index (χ0) is 36.3. The van der Waals surface area contributed by atoms with Crippen LogP contribution in [-0.4, -0.2) is 54.1 Å². The van der Waals surface area contributed by atoms with Gasteiger partial charge in [-0.1, -0.05) is 36.4 Å². The van der Waals surface area contributed by atoms with Crippen LogP contribution < -0.4 is 20.1 Å². The normalized spacial score (nSPS) is 11.2. The number of rotatable bonds is 13. The summed E-state index contributed by atoms with van der Waals surface area (Å²) >= 11 is 0. The smallest absolute Gasteiger partial charge is 0.338 e. The molecule has 50 heavy (non-hydrogen) atoms. The molecule has 0 bridgehead atoms. The molecule has 4 aromatic carbocycles. The molecule has 4 rings (SSSR count). The lowest BCUT2D eigenvalue weighted by Gasteiger charge is -2.11. The molecule has 0 atom stereocenters.